The number of carbonyl (C=O) groups is 2. The average molecular weight is 384 g/mol. The molecule has 0 radical (unpaired) electrons. The van der Waals surface area contributed by atoms with Crippen LogP contribution in [0.1, 0.15) is 34.0 Å². The molecule has 0 bridgehead atoms. The van der Waals surface area contributed by atoms with Crippen molar-refractivity contribution in [2.75, 3.05) is 0 Å². The largest absolute Gasteiger partial charge is 0.347 e. The van der Waals surface area contributed by atoms with Crippen LogP contribution in [0.3, 0.4) is 0 Å². The molecule has 0 unspecified atom stereocenters. The molecule has 0 fully saturated rings. The van der Waals surface area contributed by atoms with Crippen LogP contribution in [-0.2, 0) is 11.3 Å². The Labute approximate surface area is 171 Å². The van der Waals surface area contributed by atoms with E-state index in [-0.39, 0.29) is 17.5 Å². The fraction of sp³-hybridized carbons (Fsp3) is 0.120. The van der Waals surface area contributed by atoms with Gasteiger partial charge in [-0.3, -0.25) is 9.59 Å². The van der Waals surface area contributed by atoms with Crippen LogP contribution in [0, 0.1) is 6.92 Å². The number of hydrogen-bond acceptors (Lipinski definition) is 2. The van der Waals surface area contributed by atoms with Crippen LogP contribution in [0.4, 0.5) is 0 Å². The number of benzene rings is 3. The predicted octanol–water partition coefficient (Wildman–Crippen LogP) is 4.47. The molecule has 29 heavy (non-hydrogen) atoms. The second kappa shape index (κ2) is 9.51. The summed E-state index contributed by atoms with van der Waals surface area (Å²) in [5.41, 5.74) is 4.46. The van der Waals surface area contributed by atoms with Gasteiger partial charge in [0.25, 0.3) is 11.8 Å². The highest BCUT2D eigenvalue weighted by molar-refractivity contribution is 6.07. The van der Waals surface area contributed by atoms with Crippen molar-refractivity contribution in [3.8, 4) is 0 Å². The molecule has 0 aromatic heterocycles. The van der Waals surface area contributed by atoms with E-state index in [9.17, 15) is 9.59 Å². The summed E-state index contributed by atoms with van der Waals surface area (Å²) in [6, 6.07) is 26.4. The average Bonchev–Trinajstić information content (AvgIpc) is 2.77. The van der Waals surface area contributed by atoms with Gasteiger partial charge in [0.2, 0.25) is 0 Å². The quantitative estimate of drug-likeness (QED) is 0.616. The van der Waals surface area contributed by atoms with E-state index in [1.165, 1.54) is 0 Å². The first-order chi connectivity index (χ1) is 14.0. The third-order valence-corrected chi connectivity index (χ3v) is 4.66. The summed E-state index contributed by atoms with van der Waals surface area (Å²) in [6.07, 6.45) is 0. The molecule has 3 aromatic rings. The van der Waals surface area contributed by atoms with Crippen molar-refractivity contribution < 1.29 is 9.59 Å². The highest BCUT2D eigenvalue weighted by Gasteiger charge is 2.18. The molecule has 3 rings (SSSR count). The molecule has 0 saturated carbocycles. The van der Waals surface area contributed by atoms with Crippen LogP contribution < -0.4 is 10.6 Å². The molecule has 0 aliphatic heterocycles. The van der Waals surface area contributed by atoms with Crippen LogP contribution >= 0.6 is 0 Å². The van der Waals surface area contributed by atoms with Gasteiger partial charge in [0.1, 0.15) is 5.70 Å². The van der Waals surface area contributed by atoms with Gasteiger partial charge in [-0.05, 0) is 42.7 Å². The van der Waals surface area contributed by atoms with Gasteiger partial charge >= 0.3 is 0 Å². The molecule has 4 heteroatoms. The molecule has 0 saturated heterocycles. The Morgan fingerprint density at radius 3 is 1.97 bits per heavy atom. The summed E-state index contributed by atoms with van der Waals surface area (Å²) < 4.78 is 0. The fourth-order valence-electron chi connectivity index (χ4n) is 2.91. The molecule has 4 nitrogen and oxygen atoms in total. The maximum absolute atomic E-state index is 13.0. The topological polar surface area (TPSA) is 58.2 Å². The molecule has 0 aliphatic rings. The van der Waals surface area contributed by atoms with E-state index in [1.807, 2.05) is 74.5 Å². The number of amides is 2. The van der Waals surface area contributed by atoms with E-state index in [1.54, 1.807) is 24.3 Å². The lowest BCUT2D eigenvalue weighted by Crippen LogP contribution is -2.35. The van der Waals surface area contributed by atoms with Crippen molar-refractivity contribution in [3.05, 3.63) is 113 Å². The van der Waals surface area contributed by atoms with Crippen molar-refractivity contribution >= 4 is 17.4 Å². The molecule has 2 amide bonds. The number of hydrogen-bond donors (Lipinski definition) is 2. The van der Waals surface area contributed by atoms with E-state index in [0.717, 1.165) is 16.7 Å². The van der Waals surface area contributed by atoms with E-state index in [4.69, 9.17) is 0 Å². The molecule has 0 aliphatic carbocycles. The minimum absolute atomic E-state index is 0.249. The van der Waals surface area contributed by atoms with Gasteiger partial charge in [0, 0.05) is 12.1 Å². The number of rotatable bonds is 6. The Morgan fingerprint density at radius 1 is 0.759 bits per heavy atom. The number of aryl methyl sites for hydroxylation is 1. The molecule has 0 atom stereocenters. The van der Waals surface area contributed by atoms with Gasteiger partial charge in [-0.25, -0.2) is 0 Å². The highest BCUT2D eigenvalue weighted by atomic mass is 16.2. The van der Waals surface area contributed by atoms with Gasteiger partial charge < -0.3 is 10.6 Å². The fourth-order valence-corrected chi connectivity index (χ4v) is 2.91. The second-order valence-corrected chi connectivity index (χ2v) is 6.85. The lowest BCUT2D eigenvalue weighted by atomic mass is 10.0. The predicted molar refractivity (Wildman–Crippen MR) is 116 cm³/mol. The van der Waals surface area contributed by atoms with Crippen LogP contribution in [0.5, 0.6) is 0 Å². The van der Waals surface area contributed by atoms with Crippen LogP contribution in [0.15, 0.2) is 90.6 Å². The van der Waals surface area contributed by atoms with Crippen molar-refractivity contribution in [2.24, 2.45) is 0 Å². The van der Waals surface area contributed by atoms with E-state index in [2.05, 4.69) is 10.6 Å². The third kappa shape index (κ3) is 5.42. The Bertz CT molecular complexity index is 1010. The van der Waals surface area contributed by atoms with Gasteiger partial charge in [0.15, 0.2) is 0 Å². The van der Waals surface area contributed by atoms with E-state index >= 15 is 0 Å². The minimum Gasteiger partial charge on any atom is -0.347 e. The SMILES string of the molecule is C/C(=C(/NC(=O)c1ccccc1)C(=O)NCc1ccccc1)c1ccc(C)cc1. The smallest absolute Gasteiger partial charge is 0.268 e. The molecule has 0 spiro atoms. The Balaban J connectivity index is 1.87. The van der Waals surface area contributed by atoms with Crippen LogP contribution in [0.25, 0.3) is 5.57 Å². The molecule has 0 heterocycles. The van der Waals surface area contributed by atoms with Gasteiger partial charge in [0.05, 0.1) is 0 Å². The van der Waals surface area contributed by atoms with Crippen molar-refractivity contribution in [3.63, 3.8) is 0 Å². The zero-order valence-electron chi connectivity index (χ0n) is 16.6. The lowest BCUT2D eigenvalue weighted by Gasteiger charge is -2.15. The highest BCUT2D eigenvalue weighted by Crippen LogP contribution is 2.18. The summed E-state index contributed by atoms with van der Waals surface area (Å²) in [6.45, 7) is 4.23. The summed E-state index contributed by atoms with van der Waals surface area (Å²) in [7, 11) is 0. The van der Waals surface area contributed by atoms with Crippen molar-refractivity contribution in [1.29, 1.82) is 0 Å². The van der Waals surface area contributed by atoms with E-state index < -0.39 is 0 Å². The first-order valence-corrected chi connectivity index (χ1v) is 9.51. The summed E-state index contributed by atoms with van der Waals surface area (Å²) in [4.78, 5) is 25.7. The number of nitrogens with one attached hydrogen (secondary N) is 2. The Kier molecular flexibility index (Phi) is 6.59. The Morgan fingerprint density at radius 2 is 1.34 bits per heavy atom. The molecule has 2 N–H and O–H groups in total. The summed E-state index contributed by atoms with van der Waals surface area (Å²) in [5, 5.41) is 5.72. The standard InChI is InChI=1S/C25H24N2O2/c1-18-13-15-21(16-14-18)19(2)23(27-24(28)22-11-7-4-8-12-22)25(29)26-17-20-9-5-3-6-10-20/h3-16H,17H2,1-2H3,(H,26,29)(H,27,28)/b23-19-. The third-order valence-electron chi connectivity index (χ3n) is 4.66. The Hall–Kier alpha value is -3.66. The maximum atomic E-state index is 13.0. The van der Waals surface area contributed by atoms with Crippen molar-refractivity contribution in [1.82, 2.24) is 10.6 Å². The normalized spacial score (nSPS) is 11.4. The zero-order chi connectivity index (χ0) is 20.6. The van der Waals surface area contributed by atoms with E-state index in [0.29, 0.717) is 17.7 Å². The van der Waals surface area contributed by atoms with Crippen LogP contribution in [0.2, 0.25) is 0 Å². The molecular weight excluding hydrogens is 360 g/mol. The molecule has 146 valence electrons. The van der Waals surface area contributed by atoms with Crippen LogP contribution in [-0.4, -0.2) is 11.8 Å². The number of allylic oxidation sites excluding steroid dienone is 1. The molecular formula is C25H24N2O2. The summed E-state index contributed by atoms with van der Waals surface area (Å²) >= 11 is 0. The number of carbonyl (C=O) groups excluding carboxylic acids is 2. The second-order valence-electron chi connectivity index (χ2n) is 6.85. The summed E-state index contributed by atoms with van der Waals surface area (Å²) in [5.74, 6) is -0.641. The van der Waals surface area contributed by atoms with Gasteiger partial charge in [-0.15, -0.1) is 0 Å². The zero-order valence-corrected chi connectivity index (χ0v) is 16.6. The van der Waals surface area contributed by atoms with Gasteiger partial charge in [-0.1, -0.05) is 78.4 Å². The van der Waals surface area contributed by atoms with Crippen molar-refractivity contribution in [2.45, 2.75) is 20.4 Å². The molecule has 3 aromatic carbocycles. The first kappa shape index (κ1) is 20.1. The van der Waals surface area contributed by atoms with Gasteiger partial charge in [-0.2, -0.15) is 0 Å². The maximum Gasteiger partial charge on any atom is 0.268 e. The minimum atomic E-state index is -0.323. The lowest BCUT2D eigenvalue weighted by molar-refractivity contribution is -0.117. The first-order valence-electron chi connectivity index (χ1n) is 9.51. The monoisotopic (exact) mass is 384 g/mol.